The van der Waals surface area contributed by atoms with Crippen LogP contribution in [0.2, 0.25) is 0 Å². The molecule has 0 aromatic rings. The van der Waals surface area contributed by atoms with E-state index in [2.05, 4.69) is 5.32 Å². The molecule has 1 N–H and O–H groups in total. The molecule has 1 aliphatic heterocycles. The average Bonchev–Trinajstić information content (AvgIpc) is 2.85. The summed E-state index contributed by atoms with van der Waals surface area (Å²) >= 11 is 0. The number of rotatable bonds is 4. The van der Waals surface area contributed by atoms with Crippen molar-refractivity contribution in [1.82, 2.24) is 5.32 Å². The molecule has 1 aliphatic carbocycles. The quantitative estimate of drug-likeness (QED) is 0.737. The molecule has 2 fully saturated rings. The molecular formula is C11H21NO2. The van der Waals surface area contributed by atoms with Gasteiger partial charge in [-0.25, -0.2) is 0 Å². The van der Waals surface area contributed by atoms with E-state index in [4.69, 9.17) is 9.47 Å². The van der Waals surface area contributed by atoms with Crippen molar-refractivity contribution in [3.8, 4) is 0 Å². The average molecular weight is 199 g/mol. The number of methoxy groups -OCH3 is 1. The lowest BCUT2D eigenvalue weighted by atomic mass is 10.1. The van der Waals surface area contributed by atoms with Crippen LogP contribution in [0.15, 0.2) is 0 Å². The van der Waals surface area contributed by atoms with Crippen LogP contribution in [0, 0.1) is 5.92 Å². The van der Waals surface area contributed by atoms with Crippen molar-refractivity contribution in [1.29, 1.82) is 0 Å². The van der Waals surface area contributed by atoms with Gasteiger partial charge in [0, 0.05) is 26.3 Å². The van der Waals surface area contributed by atoms with Crippen molar-refractivity contribution >= 4 is 0 Å². The van der Waals surface area contributed by atoms with Crippen LogP contribution in [-0.4, -0.2) is 39.0 Å². The molecule has 2 aliphatic rings. The van der Waals surface area contributed by atoms with E-state index < -0.39 is 0 Å². The lowest BCUT2D eigenvalue weighted by Crippen LogP contribution is -2.39. The molecule has 0 amide bonds. The zero-order chi connectivity index (χ0) is 9.80. The Morgan fingerprint density at radius 2 is 2.29 bits per heavy atom. The second-order valence-electron chi connectivity index (χ2n) is 4.45. The third-order valence-corrected chi connectivity index (χ3v) is 3.45. The molecule has 1 saturated heterocycles. The zero-order valence-electron chi connectivity index (χ0n) is 9.00. The summed E-state index contributed by atoms with van der Waals surface area (Å²) in [6, 6.07) is 0.584. The molecule has 82 valence electrons. The van der Waals surface area contributed by atoms with E-state index in [1.165, 1.54) is 25.7 Å². The minimum atomic E-state index is 0.442. The summed E-state index contributed by atoms with van der Waals surface area (Å²) in [4.78, 5) is 0. The fourth-order valence-corrected chi connectivity index (χ4v) is 2.50. The molecule has 3 atom stereocenters. The Bertz CT molecular complexity index is 169. The Morgan fingerprint density at radius 1 is 1.36 bits per heavy atom. The van der Waals surface area contributed by atoms with E-state index >= 15 is 0 Å². The van der Waals surface area contributed by atoms with E-state index in [1.807, 2.05) is 7.11 Å². The SMILES string of the molecule is COC1CCCC1NCC1CCOC1. The van der Waals surface area contributed by atoms with Gasteiger partial charge in [-0.1, -0.05) is 0 Å². The van der Waals surface area contributed by atoms with Crippen molar-refractivity contribution in [3.05, 3.63) is 0 Å². The van der Waals surface area contributed by atoms with Crippen LogP contribution < -0.4 is 5.32 Å². The summed E-state index contributed by atoms with van der Waals surface area (Å²) < 4.78 is 10.8. The molecule has 0 aromatic heterocycles. The third kappa shape index (κ3) is 2.47. The van der Waals surface area contributed by atoms with Gasteiger partial charge in [0.05, 0.1) is 12.7 Å². The minimum absolute atomic E-state index is 0.442. The predicted molar refractivity (Wildman–Crippen MR) is 55.4 cm³/mol. The van der Waals surface area contributed by atoms with Crippen LogP contribution in [0.1, 0.15) is 25.7 Å². The Kier molecular flexibility index (Phi) is 3.79. The van der Waals surface area contributed by atoms with Crippen molar-refractivity contribution < 1.29 is 9.47 Å². The largest absolute Gasteiger partial charge is 0.381 e. The van der Waals surface area contributed by atoms with Crippen molar-refractivity contribution in [3.63, 3.8) is 0 Å². The summed E-state index contributed by atoms with van der Waals surface area (Å²) in [6.45, 7) is 2.99. The molecule has 14 heavy (non-hydrogen) atoms. The molecule has 3 nitrogen and oxygen atoms in total. The Labute approximate surface area is 86.2 Å². The maximum atomic E-state index is 5.45. The second kappa shape index (κ2) is 5.10. The second-order valence-corrected chi connectivity index (χ2v) is 4.45. The van der Waals surface area contributed by atoms with E-state index in [0.717, 1.165) is 25.7 Å². The first-order valence-electron chi connectivity index (χ1n) is 5.74. The molecule has 0 aromatic carbocycles. The monoisotopic (exact) mass is 199 g/mol. The molecule has 3 unspecified atom stereocenters. The fourth-order valence-electron chi connectivity index (χ4n) is 2.50. The molecule has 0 spiro atoms. The standard InChI is InChI=1S/C11H21NO2/c1-13-11-4-2-3-10(11)12-7-9-5-6-14-8-9/h9-12H,2-8H2,1H3. The molecule has 3 heteroatoms. The highest BCUT2D eigenvalue weighted by Crippen LogP contribution is 2.22. The van der Waals surface area contributed by atoms with Crippen LogP contribution in [-0.2, 0) is 9.47 Å². The first-order valence-corrected chi connectivity index (χ1v) is 5.74. The van der Waals surface area contributed by atoms with Gasteiger partial charge >= 0.3 is 0 Å². The van der Waals surface area contributed by atoms with Crippen LogP contribution >= 0.6 is 0 Å². The minimum Gasteiger partial charge on any atom is -0.381 e. The van der Waals surface area contributed by atoms with E-state index in [9.17, 15) is 0 Å². The Hall–Kier alpha value is -0.120. The fraction of sp³-hybridized carbons (Fsp3) is 1.00. The van der Waals surface area contributed by atoms with Gasteiger partial charge in [0.15, 0.2) is 0 Å². The Morgan fingerprint density at radius 3 is 3.00 bits per heavy atom. The van der Waals surface area contributed by atoms with Crippen LogP contribution in [0.4, 0.5) is 0 Å². The summed E-state index contributed by atoms with van der Waals surface area (Å²) in [5, 5.41) is 3.62. The first kappa shape index (κ1) is 10.4. The Balaban J connectivity index is 1.68. The number of hydrogen-bond donors (Lipinski definition) is 1. The van der Waals surface area contributed by atoms with Crippen molar-refractivity contribution in [2.75, 3.05) is 26.9 Å². The topological polar surface area (TPSA) is 30.5 Å². The van der Waals surface area contributed by atoms with Gasteiger partial charge in [-0.2, -0.15) is 0 Å². The smallest absolute Gasteiger partial charge is 0.0724 e. The van der Waals surface area contributed by atoms with Gasteiger partial charge in [0.25, 0.3) is 0 Å². The summed E-state index contributed by atoms with van der Waals surface area (Å²) in [5.41, 5.74) is 0. The first-order chi connectivity index (χ1) is 6.90. The van der Waals surface area contributed by atoms with Gasteiger partial charge in [-0.3, -0.25) is 0 Å². The highest BCUT2D eigenvalue weighted by atomic mass is 16.5. The van der Waals surface area contributed by atoms with Crippen molar-refractivity contribution in [2.24, 2.45) is 5.92 Å². The molecule has 1 heterocycles. The highest BCUT2D eigenvalue weighted by Gasteiger charge is 2.27. The number of ether oxygens (including phenoxy) is 2. The van der Waals surface area contributed by atoms with Crippen LogP contribution in [0.3, 0.4) is 0 Å². The van der Waals surface area contributed by atoms with Gasteiger partial charge < -0.3 is 14.8 Å². The predicted octanol–water partition coefficient (Wildman–Crippen LogP) is 1.18. The van der Waals surface area contributed by atoms with Crippen LogP contribution in [0.5, 0.6) is 0 Å². The summed E-state index contributed by atoms with van der Waals surface area (Å²) in [5.74, 6) is 0.730. The van der Waals surface area contributed by atoms with Crippen molar-refractivity contribution in [2.45, 2.75) is 37.8 Å². The maximum absolute atomic E-state index is 5.45. The van der Waals surface area contributed by atoms with Gasteiger partial charge in [-0.15, -0.1) is 0 Å². The molecular weight excluding hydrogens is 178 g/mol. The normalized spacial score (nSPS) is 37.9. The van der Waals surface area contributed by atoms with E-state index in [0.29, 0.717) is 12.1 Å². The molecule has 0 radical (unpaired) electrons. The van der Waals surface area contributed by atoms with E-state index in [1.54, 1.807) is 0 Å². The number of nitrogens with one attached hydrogen (secondary N) is 1. The lowest BCUT2D eigenvalue weighted by Gasteiger charge is -2.21. The van der Waals surface area contributed by atoms with Gasteiger partial charge in [0.1, 0.15) is 0 Å². The summed E-state index contributed by atoms with van der Waals surface area (Å²) in [7, 11) is 1.82. The van der Waals surface area contributed by atoms with Gasteiger partial charge in [-0.05, 0) is 31.6 Å². The zero-order valence-corrected chi connectivity index (χ0v) is 9.00. The summed E-state index contributed by atoms with van der Waals surface area (Å²) in [6.07, 6.45) is 5.45. The molecule has 0 bridgehead atoms. The van der Waals surface area contributed by atoms with Gasteiger partial charge in [0.2, 0.25) is 0 Å². The molecule has 1 saturated carbocycles. The number of hydrogen-bond acceptors (Lipinski definition) is 3. The maximum Gasteiger partial charge on any atom is 0.0724 e. The van der Waals surface area contributed by atoms with E-state index in [-0.39, 0.29) is 0 Å². The van der Waals surface area contributed by atoms with Crippen LogP contribution in [0.25, 0.3) is 0 Å². The lowest BCUT2D eigenvalue weighted by molar-refractivity contribution is 0.0833. The highest BCUT2D eigenvalue weighted by molar-refractivity contribution is 4.84. The molecule has 2 rings (SSSR count). The third-order valence-electron chi connectivity index (χ3n) is 3.45.